The van der Waals surface area contributed by atoms with Crippen molar-refractivity contribution in [2.24, 2.45) is 0 Å². The molecule has 10 nitrogen and oxygen atoms in total. The fraction of sp³-hybridized carbons (Fsp3) is 0.795. The lowest BCUT2D eigenvalue weighted by Crippen LogP contribution is -2.45. The molecule has 2 unspecified atom stereocenters. The molecule has 3 atom stereocenters. The van der Waals surface area contributed by atoms with Gasteiger partial charge in [-0.25, -0.2) is 4.98 Å². The molecule has 0 saturated carbocycles. The number of fused-ring (bicyclic) bond motifs is 1. The van der Waals surface area contributed by atoms with Crippen LogP contribution in [0.25, 0.3) is 11.2 Å². The number of halogens is 1. The number of carbonyl (C=O) groups is 2. The fourth-order valence-electron chi connectivity index (χ4n) is 7.52. The summed E-state index contributed by atoms with van der Waals surface area (Å²) in [4.78, 5) is 37.7. The number of nitrogen functional groups attached to an aromatic ring is 1. The van der Waals surface area contributed by atoms with Gasteiger partial charge in [0.2, 0.25) is 5.60 Å². The molecule has 0 aromatic carbocycles. The molecule has 1 aliphatic rings. The normalized spacial score (nSPS) is 18.1. The van der Waals surface area contributed by atoms with Gasteiger partial charge in [0.1, 0.15) is 18.9 Å². The summed E-state index contributed by atoms with van der Waals surface area (Å²) in [6.07, 6.45) is 36.9. The molecule has 0 aliphatic carbocycles. The van der Waals surface area contributed by atoms with Crippen LogP contribution in [0.15, 0.2) is 6.33 Å². The van der Waals surface area contributed by atoms with Crippen LogP contribution in [-0.4, -0.2) is 49.8 Å². The third kappa shape index (κ3) is 17.2. The topological polar surface area (TPSA) is 131 Å². The maximum atomic E-state index is 14.2. The predicted octanol–water partition coefficient (Wildman–Crippen LogP) is 11.3. The largest absolute Gasteiger partial charge is 0.461 e. The Bertz CT molecular complexity index is 1410. The molecule has 310 valence electrons. The second-order valence-electron chi connectivity index (χ2n) is 15.7. The summed E-state index contributed by atoms with van der Waals surface area (Å²) >= 11 is 0. The Kier molecular flexibility index (Phi) is 22.9. The fourth-order valence-corrected chi connectivity index (χ4v) is 7.52. The van der Waals surface area contributed by atoms with Gasteiger partial charge in [0.05, 0.1) is 6.33 Å². The Balaban J connectivity index is 1.44. The first-order valence-electron chi connectivity index (χ1n) is 22.0. The highest BCUT2D eigenvalue weighted by molar-refractivity contribution is 5.81. The van der Waals surface area contributed by atoms with E-state index in [1.54, 1.807) is 0 Å². The van der Waals surface area contributed by atoms with Gasteiger partial charge in [-0.1, -0.05) is 174 Å². The van der Waals surface area contributed by atoms with Crippen molar-refractivity contribution in [1.29, 1.82) is 0 Å². The number of hydrogen-bond acceptors (Lipinski definition) is 9. The minimum absolute atomic E-state index is 0.106. The van der Waals surface area contributed by atoms with Crippen LogP contribution in [0.4, 0.5) is 10.2 Å². The number of aromatic nitrogens is 4. The maximum absolute atomic E-state index is 14.2. The number of nitrogens with zero attached hydrogens (tertiary/aromatic N) is 4. The number of imidazole rings is 1. The van der Waals surface area contributed by atoms with E-state index in [-0.39, 0.29) is 54.8 Å². The average Bonchev–Trinajstić information content (AvgIpc) is 3.76. The van der Waals surface area contributed by atoms with Crippen molar-refractivity contribution in [2.45, 2.75) is 218 Å². The van der Waals surface area contributed by atoms with Gasteiger partial charge in [-0.05, 0) is 12.8 Å². The highest BCUT2D eigenvalue weighted by Gasteiger charge is 2.52. The van der Waals surface area contributed by atoms with Crippen LogP contribution in [0.5, 0.6) is 0 Å². The summed E-state index contributed by atoms with van der Waals surface area (Å²) in [6.45, 7) is 4.21. The Labute approximate surface area is 331 Å². The van der Waals surface area contributed by atoms with Gasteiger partial charge in [0, 0.05) is 19.3 Å². The van der Waals surface area contributed by atoms with Gasteiger partial charge in [0.25, 0.3) is 0 Å². The summed E-state index contributed by atoms with van der Waals surface area (Å²) in [5, 5.41) is 0. The minimum atomic E-state index is -1.55. The number of esters is 2. The molecule has 1 saturated heterocycles. The van der Waals surface area contributed by atoms with E-state index in [4.69, 9.17) is 26.4 Å². The summed E-state index contributed by atoms with van der Waals surface area (Å²) < 4.78 is 33.7. The van der Waals surface area contributed by atoms with E-state index >= 15 is 0 Å². The van der Waals surface area contributed by atoms with Gasteiger partial charge < -0.3 is 19.9 Å². The molecule has 0 amide bonds. The Hall–Kier alpha value is -3.26. The minimum Gasteiger partial charge on any atom is -0.461 e. The number of rotatable bonds is 32. The molecule has 0 radical (unpaired) electrons. The smallest absolute Gasteiger partial charge is 0.312 e. The van der Waals surface area contributed by atoms with Gasteiger partial charge in [0.15, 0.2) is 17.0 Å². The van der Waals surface area contributed by atoms with Crippen LogP contribution < -0.4 is 5.73 Å². The Morgan fingerprint density at radius 2 is 1.24 bits per heavy atom. The summed E-state index contributed by atoms with van der Waals surface area (Å²) in [5.41, 5.74) is 4.68. The quantitative estimate of drug-likeness (QED) is 0.0334. The third-order valence-corrected chi connectivity index (χ3v) is 10.9. The molecule has 11 heteroatoms. The highest BCUT2D eigenvalue weighted by Crippen LogP contribution is 2.40. The summed E-state index contributed by atoms with van der Waals surface area (Å²) in [7, 11) is 0. The number of terminal acetylenes is 1. The predicted molar refractivity (Wildman–Crippen MR) is 217 cm³/mol. The molecule has 55 heavy (non-hydrogen) atoms. The van der Waals surface area contributed by atoms with Crippen molar-refractivity contribution in [2.75, 3.05) is 12.3 Å². The van der Waals surface area contributed by atoms with Crippen molar-refractivity contribution in [1.82, 2.24) is 19.5 Å². The first-order valence-corrected chi connectivity index (χ1v) is 22.0. The van der Waals surface area contributed by atoms with Gasteiger partial charge >= 0.3 is 18.0 Å². The zero-order valence-corrected chi connectivity index (χ0v) is 34.3. The third-order valence-electron chi connectivity index (χ3n) is 10.9. The number of carbonyl (C=O) groups excluding carboxylic acids is 2. The molecule has 2 aromatic rings. The van der Waals surface area contributed by atoms with Crippen LogP contribution in [0.2, 0.25) is 0 Å². The lowest BCUT2D eigenvalue weighted by Gasteiger charge is -2.28. The average molecular weight is 770 g/mol. The van der Waals surface area contributed by atoms with Crippen molar-refractivity contribution >= 4 is 28.9 Å². The zero-order valence-electron chi connectivity index (χ0n) is 34.3. The van der Waals surface area contributed by atoms with Crippen LogP contribution in [0.3, 0.4) is 0 Å². The van der Waals surface area contributed by atoms with E-state index in [2.05, 4.69) is 34.7 Å². The van der Waals surface area contributed by atoms with Crippen LogP contribution >= 0.6 is 0 Å². The lowest BCUT2D eigenvalue weighted by atomic mass is 9.98. The van der Waals surface area contributed by atoms with E-state index < -0.39 is 24.0 Å². The zero-order chi connectivity index (χ0) is 39.6. The Morgan fingerprint density at radius 3 is 1.71 bits per heavy atom. The number of unbranched alkanes of at least 4 members (excludes halogenated alkanes) is 24. The number of ether oxygens (including phenoxy) is 3. The standard InChI is InChI=1S/C44H72FN5O5/c1-4-7-9-11-13-15-17-19-21-23-25-27-29-31-38(51)53-34-44(6-3)36(33-37(55-44)50-35-47-40-41(46)48-43(45)49-42(40)50)54-39(52)32-30-28-26-24-22-20-18-16-14-12-10-8-5-2/h3,35-37H,4-5,7-34H2,1-2H3,(H2,46,48,49)/t36?,37?,44-/m1/s1. The molecule has 2 aromatic heterocycles. The number of anilines is 1. The van der Waals surface area contributed by atoms with E-state index in [1.807, 2.05) is 0 Å². The van der Waals surface area contributed by atoms with Crippen molar-refractivity contribution in [3.05, 3.63) is 12.4 Å². The van der Waals surface area contributed by atoms with Gasteiger partial charge in [-0.15, -0.1) is 6.42 Å². The second-order valence-corrected chi connectivity index (χ2v) is 15.7. The second kappa shape index (κ2) is 27.4. The van der Waals surface area contributed by atoms with Gasteiger partial charge in [-0.3, -0.25) is 14.2 Å². The Morgan fingerprint density at radius 1 is 0.782 bits per heavy atom. The number of nitrogens with two attached hydrogens (primary N) is 1. The molecule has 1 fully saturated rings. The lowest BCUT2D eigenvalue weighted by molar-refractivity contribution is -0.166. The summed E-state index contributed by atoms with van der Waals surface area (Å²) in [5.74, 6) is 1.77. The van der Waals surface area contributed by atoms with E-state index in [0.29, 0.717) is 6.42 Å². The van der Waals surface area contributed by atoms with Crippen LogP contribution in [0.1, 0.15) is 206 Å². The van der Waals surface area contributed by atoms with E-state index in [9.17, 15) is 14.0 Å². The van der Waals surface area contributed by atoms with Crippen LogP contribution in [-0.2, 0) is 23.8 Å². The highest BCUT2D eigenvalue weighted by atomic mass is 19.1. The van der Waals surface area contributed by atoms with Crippen molar-refractivity contribution in [3.63, 3.8) is 0 Å². The molecule has 3 heterocycles. The van der Waals surface area contributed by atoms with Crippen molar-refractivity contribution in [3.8, 4) is 12.3 Å². The van der Waals surface area contributed by atoms with Crippen molar-refractivity contribution < 1.29 is 28.2 Å². The van der Waals surface area contributed by atoms with Gasteiger partial charge in [-0.2, -0.15) is 14.4 Å². The maximum Gasteiger partial charge on any atom is 0.312 e. The summed E-state index contributed by atoms with van der Waals surface area (Å²) in [6, 6.07) is 0. The molecule has 3 rings (SSSR count). The molecular formula is C44H72FN5O5. The molecule has 0 spiro atoms. The van der Waals surface area contributed by atoms with E-state index in [0.717, 1.165) is 32.1 Å². The van der Waals surface area contributed by atoms with E-state index in [1.165, 1.54) is 139 Å². The monoisotopic (exact) mass is 770 g/mol. The molecule has 0 bridgehead atoms. The molecular weight excluding hydrogens is 698 g/mol. The SMILES string of the molecule is C#C[C@]1(COC(=O)CCCCCCCCCCCCCCC)OC(n2cnc3c(N)nc(F)nc32)CC1OC(=O)CCCCCCCCCCCCCCC. The molecule has 2 N–H and O–H groups in total. The van der Waals surface area contributed by atoms with Crippen LogP contribution in [0, 0.1) is 18.4 Å². The first kappa shape index (κ1) is 46.1. The first-order chi connectivity index (χ1) is 26.8. The number of hydrogen-bond donors (Lipinski definition) is 1. The molecule has 1 aliphatic heterocycles.